The predicted molar refractivity (Wildman–Crippen MR) is 88.0 cm³/mol. The largest absolute Gasteiger partial charge is 0.480 e. The van der Waals surface area contributed by atoms with E-state index in [2.05, 4.69) is 58.4 Å². The number of amides is 2. The molecule has 0 aromatic heterocycles. The Morgan fingerprint density at radius 3 is 2.25 bits per heavy atom. The molecule has 0 aliphatic carbocycles. The second kappa shape index (κ2) is 7.99. The monoisotopic (exact) mass is 470 g/mol. The molecule has 1 unspecified atom stereocenters. The van der Waals surface area contributed by atoms with Crippen molar-refractivity contribution in [2.24, 2.45) is 0 Å². The summed E-state index contributed by atoms with van der Waals surface area (Å²) in [5.41, 5.74) is 0.534. The average molecular weight is 473 g/mol. The third-order valence-electron chi connectivity index (χ3n) is 2.43. The third kappa shape index (κ3) is 5.06. The summed E-state index contributed by atoms with van der Waals surface area (Å²) in [5, 5.41) is 14.1. The molecule has 0 fully saturated rings. The van der Waals surface area contributed by atoms with Crippen LogP contribution in [0.4, 0.5) is 10.5 Å². The van der Waals surface area contributed by atoms with Gasteiger partial charge in [0.25, 0.3) is 0 Å². The van der Waals surface area contributed by atoms with Crippen molar-refractivity contribution in [3.63, 3.8) is 0 Å². The number of aliphatic carboxylic acids is 1. The number of carbonyl (C=O) groups is 2. The van der Waals surface area contributed by atoms with Crippen molar-refractivity contribution < 1.29 is 14.7 Å². The number of halogens is 3. The first-order valence-corrected chi connectivity index (χ1v) is 8.18. The number of carbonyl (C=O) groups excluding carboxylic acids is 1. The van der Waals surface area contributed by atoms with Gasteiger partial charge in [0.05, 0.1) is 5.69 Å². The van der Waals surface area contributed by atoms with Gasteiger partial charge in [0.2, 0.25) is 0 Å². The van der Waals surface area contributed by atoms with Gasteiger partial charge in [-0.15, -0.1) is 0 Å². The maximum absolute atomic E-state index is 11.9. The molecule has 0 aliphatic heterocycles. The zero-order valence-electron chi connectivity index (χ0n) is 10.5. The smallest absolute Gasteiger partial charge is 0.326 e. The summed E-state index contributed by atoms with van der Waals surface area (Å²) >= 11 is 9.99. The molecule has 1 aromatic carbocycles. The zero-order valence-corrected chi connectivity index (χ0v) is 15.3. The highest BCUT2D eigenvalue weighted by Crippen LogP contribution is 2.34. The Morgan fingerprint density at radius 1 is 1.25 bits per heavy atom. The second-order valence-corrected chi connectivity index (χ2v) is 6.65. The predicted octanol–water partition coefficient (Wildman–Crippen LogP) is 4.35. The fourth-order valence-electron chi connectivity index (χ4n) is 1.52. The van der Waals surface area contributed by atoms with E-state index in [1.165, 1.54) is 0 Å². The number of rotatable bonds is 5. The maximum Gasteiger partial charge on any atom is 0.326 e. The van der Waals surface area contributed by atoms with E-state index >= 15 is 0 Å². The highest BCUT2D eigenvalue weighted by molar-refractivity contribution is 9.11. The normalized spacial score (nSPS) is 11.8. The van der Waals surface area contributed by atoms with E-state index in [1.807, 2.05) is 6.92 Å². The van der Waals surface area contributed by atoms with Crippen LogP contribution in [0.1, 0.15) is 19.8 Å². The molecule has 110 valence electrons. The SMILES string of the molecule is CCCC(NC(=O)Nc1c(Br)cc(Br)cc1Br)C(=O)O. The van der Waals surface area contributed by atoms with E-state index in [0.29, 0.717) is 27.5 Å². The van der Waals surface area contributed by atoms with Crippen molar-refractivity contribution >= 4 is 65.5 Å². The second-order valence-electron chi connectivity index (χ2n) is 4.02. The number of anilines is 1. The molecular formula is C12H13Br3N2O3. The van der Waals surface area contributed by atoms with Crippen LogP contribution in [0.2, 0.25) is 0 Å². The van der Waals surface area contributed by atoms with E-state index < -0.39 is 18.0 Å². The van der Waals surface area contributed by atoms with Crippen molar-refractivity contribution in [1.82, 2.24) is 5.32 Å². The number of hydrogen-bond donors (Lipinski definition) is 3. The molecule has 1 aromatic rings. The van der Waals surface area contributed by atoms with Gasteiger partial charge in [-0.05, 0) is 50.4 Å². The van der Waals surface area contributed by atoms with Crippen LogP contribution in [-0.2, 0) is 4.79 Å². The van der Waals surface area contributed by atoms with Gasteiger partial charge in [0, 0.05) is 13.4 Å². The fourth-order valence-corrected chi connectivity index (χ4v) is 3.97. The van der Waals surface area contributed by atoms with Gasteiger partial charge in [-0.3, -0.25) is 0 Å². The van der Waals surface area contributed by atoms with Crippen LogP contribution < -0.4 is 10.6 Å². The van der Waals surface area contributed by atoms with Crippen molar-refractivity contribution in [2.45, 2.75) is 25.8 Å². The van der Waals surface area contributed by atoms with Gasteiger partial charge in [0.15, 0.2) is 0 Å². The van der Waals surface area contributed by atoms with Crippen molar-refractivity contribution in [3.8, 4) is 0 Å². The maximum atomic E-state index is 11.9. The topological polar surface area (TPSA) is 78.4 Å². The fraction of sp³-hybridized carbons (Fsp3) is 0.333. The number of hydrogen-bond acceptors (Lipinski definition) is 2. The molecule has 8 heteroatoms. The lowest BCUT2D eigenvalue weighted by atomic mass is 10.2. The first-order chi connectivity index (χ1) is 9.35. The molecule has 1 atom stereocenters. The van der Waals surface area contributed by atoms with Gasteiger partial charge in [0.1, 0.15) is 6.04 Å². The summed E-state index contributed by atoms with van der Waals surface area (Å²) < 4.78 is 2.20. The summed E-state index contributed by atoms with van der Waals surface area (Å²) in [6.45, 7) is 1.86. The van der Waals surface area contributed by atoms with Gasteiger partial charge in [-0.1, -0.05) is 29.3 Å². The quantitative estimate of drug-likeness (QED) is 0.596. The van der Waals surface area contributed by atoms with Gasteiger partial charge in [-0.2, -0.15) is 0 Å². The third-order valence-corrected chi connectivity index (χ3v) is 4.13. The molecule has 0 bridgehead atoms. The zero-order chi connectivity index (χ0) is 15.3. The minimum atomic E-state index is -1.05. The Bertz CT molecular complexity index is 500. The number of carboxylic acids is 1. The van der Waals surface area contributed by atoms with Crippen LogP contribution in [0.5, 0.6) is 0 Å². The van der Waals surface area contributed by atoms with Crippen LogP contribution in [-0.4, -0.2) is 23.1 Å². The molecule has 0 radical (unpaired) electrons. The molecule has 0 saturated heterocycles. The molecule has 20 heavy (non-hydrogen) atoms. The number of benzene rings is 1. The highest BCUT2D eigenvalue weighted by atomic mass is 79.9. The Labute approximate surface area is 141 Å². The summed E-state index contributed by atoms with van der Waals surface area (Å²) in [6, 6.07) is 2.10. The van der Waals surface area contributed by atoms with E-state index in [1.54, 1.807) is 12.1 Å². The average Bonchev–Trinajstić information content (AvgIpc) is 2.33. The van der Waals surface area contributed by atoms with Gasteiger partial charge < -0.3 is 15.7 Å². The lowest BCUT2D eigenvalue weighted by Gasteiger charge is -2.16. The van der Waals surface area contributed by atoms with Crippen LogP contribution in [0.15, 0.2) is 25.6 Å². The molecule has 0 saturated carbocycles. The molecule has 5 nitrogen and oxygen atoms in total. The first-order valence-electron chi connectivity index (χ1n) is 5.80. The minimum absolute atomic E-state index is 0.380. The van der Waals surface area contributed by atoms with Crippen molar-refractivity contribution in [3.05, 3.63) is 25.6 Å². The summed E-state index contributed by atoms with van der Waals surface area (Å²) in [6.07, 6.45) is 1.05. The highest BCUT2D eigenvalue weighted by Gasteiger charge is 2.19. The molecule has 2 amide bonds. The van der Waals surface area contributed by atoms with E-state index in [-0.39, 0.29) is 0 Å². The van der Waals surface area contributed by atoms with E-state index in [9.17, 15) is 9.59 Å². The summed E-state index contributed by atoms with van der Waals surface area (Å²) in [4.78, 5) is 22.8. The minimum Gasteiger partial charge on any atom is -0.480 e. The Kier molecular flexibility index (Phi) is 6.97. The Balaban J connectivity index is 2.78. The molecule has 1 rings (SSSR count). The molecule has 0 spiro atoms. The number of carboxylic acid groups (broad SMARTS) is 1. The Morgan fingerprint density at radius 2 is 1.80 bits per heavy atom. The lowest BCUT2D eigenvalue weighted by molar-refractivity contribution is -0.139. The van der Waals surface area contributed by atoms with Crippen LogP contribution in [0.25, 0.3) is 0 Å². The van der Waals surface area contributed by atoms with Crippen molar-refractivity contribution in [2.75, 3.05) is 5.32 Å². The molecule has 0 heterocycles. The molecule has 3 N–H and O–H groups in total. The van der Waals surface area contributed by atoms with E-state index in [0.717, 1.165) is 4.47 Å². The first kappa shape index (κ1) is 17.5. The molecular weight excluding hydrogens is 460 g/mol. The lowest BCUT2D eigenvalue weighted by Crippen LogP contribution is -2.43. The summed E-state index contributed by atoms with van der Waals surface area (Å²) in [7, 11) is 0. The number of nitrogens with one attached hydrogen (secondary N) is 2. The summed E-state index contributed by atoms with van der Waals surface area (Å²) in [5.74, 6) is -1.05. The van der Waals surface area contributed by atoms with Gasteiger partial charge >= 0.3 is 12.0 Å². The van der Waals surface area contributed by atoms with Crippen LogP contribution >= 0.6 is 47.8 Å². The van der Waals surface area contributed by atoms with Crippen LogP contribution in [0.3, 0.4) is 0 Å². The van der Waals surface area contributed by atoms with Gasteiger partial charge in [-0.25, -0.2) is 9.59 Å². The van der Waals surface area contributed by atoms with Crippen molar-refractivity contribution in [1.29, 1.82) is 0 Å². The molecule has 0 aliphatic rings. The standard InChI is InChI=1S/C12H13Br3N2O3/c1-2-3-9(11(18)19)16-12(20)17-10-7(14)4-6(13)5-8(10)15/h4-5,9H,2-3H2,1H3,(H,18,19)(H2,16,17,20). The van der Waals surface area contributed by atoms with Crippen LogP contribution in [0, 0.1) is 0 Å². The number of urea groups is 1. The Hall–Kier alpha value is -0.600. The van der Waals surface area contributed by atoms with E-state index in [4.69, 9.17) is 5.11 Å².